The zero-order valence-electron chi connectivity index (χ0n) is 12.3. The monoisotopic (exact) mass is 328 g/mol. The fraction of sp³-hybridized carbons (Fsp3) is 0.833. The van der Waals surface area contributed by atoms with Gasteiger partial charge < -0.3 is 20.9 Å². The Kier molecular flexibility index (Phi) is 11.1. The van der Waals surface area contributed by atoms with Crippen LogP contribution in [-0.2, 0) is 9.59 Å². The predicted octanol–water partition coefficient (Wildman–Crippen LogP) is -0.296. The normalized spacial score (nSPS) is 19.4. The molecule has 8 heteroatoms. The summed E-state index contributed by atoms with van der Waals surface area (Å²) in [5, 5.41) is 2.82. The molecule has 1 rings (SSSR count). The molecule has 0 radical (unpaired) electrons. The first-order valence-electron chi connectivity index (χ1n) is 6.37. The van der Waals surface area contributed by atoms with Crippen molar-refractivity contribution < 1.29 is 9.59 Å². The van der Waals surface area contributed by atoms with Crippen LogP contribution in [0.15, 0.2) is 0 Å². The van der Waals surface area contributed by atoms with Crippen LogP contribution < -0.4 is 11.1 Å². The smallest absolute Gasteiger partial charge is 0.225 e. The van der Waals surface area contributed by atoms with Crippen molar-refractivity contribution >= 4 is 36.6 Å². The van der Waals surface area contributed by atoms with Crippen molar-refractivity contribution in [1.29, 1.82) is 0 Å². The summed E-state index contributed by atoms with van der Waals surface area (Å²) in [6, 6.07) is -0.0385. The largest absolute Gasteiger partial charge is 0.352 e. The summed E-state index contributed by atoms with van der Waals surface area (Å²) in [5.74, 6) is -0.222. The number of carbonyl (C=O) groups excluding carboxylic acids is 2. The lowest BCUT2D eigenvalue weighted by atomic mass is 10.1. The fourth-order valence-corrected chi connectivity index (χ4v) is 1.90. The predicted molar refractivity (Wildman–Crippen MR) is 84.4 cm³/mol. The number of likely N-dealkylation sites (tertiary alicyclic amines) is 1. The van der Waals surface area contributed by atoms with Gasteiger partial charge >= 0.3 is 0 Å². The minimum atomic E-state index is -0.228. The lowest BCUT2D eigenvalue weighted by Crippen LogP contribution is -2.42. The van der Waals surface area contributed by atoms with Crippen LogP contribution in [0.5, 0.6) is 0 Å². The van der Waals surface area contributed by atoms with E-state index >= 15 is 0 Å². The molecule has 1 fully saturated rings. The second kappa shape index (κ2) is 10.2. The number of likely N-dealkylation sites (N-methyl/N-ethyl adjacent to an activating group) is 1. The van der Waals surface area contributed by atoms with Crippen LogP contribution in [0.4, 0.5) is 0 Å². The van der Waals surface area contributed by atoms with E-state index in [1.165, 1.54) is 0 Å². The maximum Gasteiger partial charge on any atom is 0.225 e. The first kappa shape index (κ1) is 21.7. The van der Waals surface area contributed by atoms with E-state index in [-0.39, 0.29) is 48.6 Å². The summed E-state index contributed by atoms with van der Waals surface area (Å²) in [6.07, 6.45) is 0.316. The van der Waals surface area contributed by atoms with Gasteiger partial charge in [0.2, 0.25) is 11.8 Å². The number of hydrogen-bond acceptors (Lipinski definition) is 4. The third-order valence-corrected chi connectivity index (χ3v) is 3.14. The molecule has 1 heterocycles. The highest BCUT2D eigenvalue weighted by Crippen LogP contribution is 2.17. The van der Waals surface area contributed by atoms with E-state index in [0.29, 0.717) is 26.1 Å². The lowest BCUT2D eigenvalue weighted by molar-refractivity contribution is -0.129. The number of nitrogens with zero attached hydrogens (tertiary/aromatic N) is 2. The van der Waals surface area contributed by atoms with E-state index in [1.54, 1.807) is 4.90 Å². The number of nitrogens with one attached hydrogen (secondary N) is 1. The zero-order valence-corrected chi connectivity index (χ0v) is 13.9. The summed E-state index contributed by atoms with van der Waals surface area (Å²) in [4.78, 5) is 27.4. The van der Waals surface area contributed by atoms with Crippen LogP contribution in [0, 0.1) is 5.92 Å². The van der Waals surface area contributed by atoms with Gasteiger partial charge in [0.15, 0.2) is 0 Å². The molecule has 6 nitrogen and oxygen atoms in total. The summed E-state index contributed by atoms with van der Waals surface area (Å²) < 4.78 is 0. The van der Waals surface area contributed by atoms with Gasteiger partial charge in [0, 0.05) is 38.6 Å². The molecular weight excluding hydrogens is 303 g/mol. The van der Waals surface area contributed by atoms with Crippen LogP contribution in [-0.4, -0.2) is 67.9 Å². The maximum atomic E-state index is 11.9. The Morgan fingerprint density at radius 2 is 2.10 bits per heavy atom. The molecule has 0 saturated carbocycles. The standard InChI is InChI=1S/C12H24N4O2.2ClH/c1-9(7-13)14-12(18)10-6-11(17)16(8-10)5-4-15(2)3;;/h9-10H,4-8,13H2,1-3H3,(H,14,18);2*1H/t9-,10?;;/m0../s1. The van der Waals surface area contributed by atoms with Crippen molar-refractivity contribution in [2.24, 2.45) is 11.7 Å². The van der Waals surface area contributed by atoms with Gasteiger partial charge in [-0.2, -0.15) is 0 Å². The van der Waals surface area contributed by atoms with E-state index < -0.39 is 0 Å². The van der Waals surface area contributed by atoms with Crippen LogP contribution in [0.3, 0.4) is 0 Å². The van der Waals surface area contributed by atoms with Crippen molar-refractivity contribution in [3.05, 3.63) is 0 Å². The molecule has 0 aromatic rings. The Balaban J connectivity index is 0. The molecule has 1 saturated heterocycles. The first-order valence-corrected chi connectivity index (χ1v) is 6.37. The summed E-state index contributed by atoms with van der Waals surface area (Å²) in [7, 11) is 3.93. The molecule has 120 valence electrons. The Bertz CT molecular complexity index is 316. The van der Waals surface area contributed by atoms with Gasteiger partial charge in [-0.25, -0.2) is 0 Å². The quantitative estimate of drug-likeness (QED) is 0.702. The molecule has 3 N–H and O–H groups in total. The molecule has 2 atom stereocenters. The molecule has 1 aliphatic heterocycles. The summed E-state index contributed by atoms with van der Waals surface area (Å²) in [6.45, 7) is 4.30. The third-order valence-electron chi connectivity index (χ3n) is 3.14. The van der Waals surface area contributed by atoms with Gasteiger partial charge in [0.1, 0.15) is 0 Å². The minimum Gasteiger partial charge on any atom is -0.352 e. The molecule has 2 amide bonds. The highest BCUT2D eigenvalue weighted by molar-refractivity contribution is 5.89. The van der Waals surface area contributed by atoms with Gasteiger partial charge in [0.05, 0.1) is 5.92 Å². The van der Waals surface area contributed by atoms with Crippen LogP contribution in [0.2, 0.25) is 0 Å². The Labute approximate surface area is 133 Å². The third kappa shape index (κ3) is 6.74. The van der Waals surface area contributed by atoms with Gasteiger partial charge in [-0.15, -0.1) is 24.8 Å². The molecule has 1 unspecified atom stereocenters. The Morgan fingerprint density at radius 1 is 1.50 bits per heavy atom. The molecule has 0 aromatic heterocycles. The molecule has 0 spiro atoms. The summed E-state index contributed by atoms with van der Waals surface area (Å²) in [5.41, 5.74) is 5.46. The molecule has 20 heavy (non-hydrogen) atoms. The van der Waals surface area contributed by atoms with Gasteiger partial charge in [-0.3, -0.25) is 9.59 Å². The van der Waals surface area contributed by atoms with Crippen molar-refractivity contribution in [1.82, 2.24) is 15.1 Å². The van der Waals surface area contributed by atoms with Gasteiger partial charge in [-0.05, 0) is 21.0 Å². The van der Waals surface area contributed by atoms with E-state index in [0.717, 1.165) is 6.54 Å². The molecule has 0 bridgehead atoms. The van der Waals surface area contributed by atoms with Crippen LogP contribution >= 0.6 is 24.8 Å². The van der Waals surface area contributed by atoms with Crippen molar-refractivity contribution in [3.8, 4) is 0 Å². The highest BCUT2D eigenvalue weighted by atomic mass is 35.5. The molecular formula is C12H26Cl2N4O2. The molecule has 0 aliphatic carbocycles. The average Bonchev–Trinajstić information content (AvgIpc) is 2.68. The number of nitrogens with two attached hydrogens (primary N) is 1. The van der Waals surface area contributed by atoms with E-state index in [4.69, 9.17) is 5.73 Å². The van der Waals surface area contributed by atoms with E-state index in [9.17, 15) is 9.59 Å². The number of carbonyl (C=O) groups is 2. The van der Waals surface area contributed by atoms with Gasteiger partial charge in [-0.1, -0.05) is 0 Å². The number of rotatable bonds is 6. The van der Waals surface area contributed by atoms with Crippen molar-refractivity contribution in [2.75, 3.05) is 40.3 Å². The van der Waals surface area contributed by atoms with Crippen LogP contribution in [0.25, 0.3) is 0 Å². The second-order valence-electron chi connectivity index (χ2n) is 5.19. The minimum absolute atomic E-state index is 0. The number of amides is 2. The second-order valence-corrected chi connectivity index (χ2v) is 5.19. The number of hydrogen-bond donors (Lipinski definition) is 2. The topological polar surface area (TPSA) is 78.7 Å². The molecule has 1 aliphatic rings. The van der Waals surface area contributed by atoms with E-state index in [1.807, 2.05) is 25.9 Å². The average molecular weight is 329 g/mol. The summed E-state index contributed by atoms with van der Waals surface area (Å²) >= 11 is 0. The van der Waals surface area contributed by atoms with Crippen LogP contribution in [0.1, 0.15) is 13.3 Å². The maximum absolute atomic E-state index is 11.9. The Morgan fingerprint density at radius 3 is 2.60 bits per heavy atom. The fourth-order valence-electron chi connectivity index (χ4n) is 1.90. The molecule has 0 aromatic carbocycles. The highest BCUT2D eigenvalue weighted by Gasteiger charge is 2.34. The first-order chi connectivity index (χ1) is 8.43. The number of halogens is 2. The zero-order chi connectivity index (χ0) is 13.7. The Hall–Kier alpha value is -0.560. The lowest BCUT2D eigenvalue weighted by Gasteiger charge is -2.19. The van der Waals surface area contributed by atoms with Gasteiger partial charge in [0.25, 0.3) is 0 Å². The van der Waals surface area contributed by atoms with Crippen molar-refractivity contribution in [3.63, 3.8) is 0 Å². The van der Waals surface area contributed by atoms with Crippen molar-refractivity contribution in [2.45, 2.75) is 19.4 Å². The SMILES string of the molecule is C[C@@H](CN)NC(=O)C1CC(=O)N(CCN(C)C)C1.Cl.Cl. The van der Waals surface area contributed by atoms with E-state index in [2.05, 4.69) is 5.32 Å².